The number of aromatic nitrogens is 4. The molecule has 2 amide bonds. The first-order valence-electron chi connectivity index (χ1n) is 18.8. The van der Waals surface area contributed by atoms with E-state index in [9.17, 15) is 23.1 Å². The molecule has 3 aromatic carbocycles. The van der Waals surface area contributed by atoms with Gasteiger partial charge in [0, 0.05) is 27.2 Å². The fourth-order valence-electron chi connectivity index (χ4n) is 5.83. The summed E-state index contributed by atoms with van der Waals surface area (Å²) < 4.78 is 33.3. The maximum absolute atomic E-state index is 12.8. The SMILES string of the molecule is CC(O)c1nn(C)c(C(=O)NCc2ccc(C(C)(C)C)cc2)c1Cl.Cc1ccc(S(=O)(=O)OC(C)c2nn(C)c(C(=O)NCc3ccc(C(C)(C)C)cc3)c2Cl)cc1. The van der Waals surface area contributed by atoms with Crippen LogP contribution in [0, 0.1) is 6.92 Å². The Morgan fingerprint density at radius 2 is 1.09 bits per heavy atom. The van der Waals surface area contributed by atoms with Gasteiger partial charge in [-0.05, 0) is 66.0 Å². The van der Waals surface area contributed by atoms with Crippen molar-refractivity contribution in [3.63, 3.8) is 0 Å². The maximum atomic E-state index is 12.8. The molecule has 2 unspecified atom stereocenters. The second kappa shape index (κ2) is 18.6. The second-order valence-electron chi connectivity index (χ2n) is 16.3. The molecule has 312 valence electrons. The highest BCUT2D eigenvalue weighted by Crippen LogP contribution is 2.31. The molecule has 15 heteroatoms. The van der Waals surface area contributed by atoms with Gasteiger partial charge in [-0.1, -0.05) is 131 Å². The molecule has 0 aliphatic rings. The lowest BCUT2D eigenvalue weighted by molar-refractivity contribution is 0.0933. The van der Waals surface area contributed by atoms with Crippen molar-refractivity contribution in [2.45, 2.75) is 103 Å². The zero-order valence-corrected chi connectivity index (χ0v) is 37.3. The minimum Gasteiger partial charge on any atom is -0.387 e. The number of rotatable bonds is 11. The van der Waals surface area contributed by atoms with E-state index in [1.165, 1.54) is 39.5 Å². The molecule has 58 heavy (non-hydrogen) atoms. The fourth-order valence-corrected chi connectivity index (χ4v) is 7.69. The van der Waals surface area contributed by atoms with Crippen molar-refractivity contribution >= 4 is 45.1 Å². The van der Waals surface area contributed by atoms with Crippen molar-refractivity contribution in [3.8, 4) is 0 Å². The first-order valence-corrected chi connectivity index (χ1v) is 20.9. The Bertz CT molecular complexity index is 2320. The zero-order valence-electron chi connectivity index (χ0n) is 34.9. The summed E-state index contributed by atoms with van der Waals surface area (Å²) in [4.78, 5) is 25.3. The van der Waals surface area contributed by atoms with E-state index in [4.69, 9.17) is 27.4 Å². The molecule has 2 atom stereocenters. The third-order valence-corrected chi connectivity index (χ3v) is 11.5. The van der Waals surface area contributed by atoms with Gasteiger partial charge < -0.3 is 15.7 Å². The first kappa shape index (κ1) is 46.2. The van der Waals surface area contributed by atoms with Gasteiger partial charge in [-0.2, -0.15) is 18.6 Å². The van der Waals surface area contributed by atoms with Crippen LogP contribution in [0.1, 0.15) is 128 Å². The molecule has 0 radical (unpaired) electrons. The largest absolute Gasteiger partial charge is 0.387 e. The van der Waals surface area contributed by atoms with Gasteiger partial charge in [0.15, 0.2) is 0 Å². The summed E-state index contributed by atoms with van der Waals surface area (Å²) in [5.74, 6) is -0.735. The maximum Gasteiger partial charge on any atom is 0.297 e. The second-order valence-corrected chi connectivity index (χ2v) is 18.6. The minimum absolute atomic E-state index is 0.0347. The monoisotopic (exact) mass is 852 g/mol. The van der Waals surface area contributed by atoms with Gasteiger partial charge in [0.05, 0.1) is 21.0 Å². The van der Waals surface area contributed by atoms with Crippen LogP contribution in [0.2, 0.25) is 10.0 Å². The van der Waals surface area contributed by atoms with Crippen molar-refractivity contribution in [2.24, 2.45) is 14.1 Å². The van der Waals surface area contributed by atoms with E-state index in [0.29, 0.717) is 18.8 Å². The van der Waals surface area contributed by atoms with Crippen LogP contribution in [0.3, 0.4) is 0 Å². The van der Waals surface area contributed by atoms with Crippen LogP contribution in [-0.2, 0) is 52.3 Å². The van der Waals surface area contributed by atoms with E-state index in [2.05, 4.69) is 74.5 Å². The van der Waals surface area contributed by atoms with Gasteiger partial charge in [-0.15, -0.1) is 0 Å². The number of carbonyl (C=O) groups is 2. The minimum atomic E-state index is -4.03. The van der Waals surface area contributed by atoms with E-state index in [0.717, 1.165) is 16.7 Å². The lowest BCUT2D eigenvalue weighted by Crippen LogP contribution is -2.25. The van der Waals surface area contributed by atoms with Gasteiger partial charge in [0.2, 0.25) is 0 Å². The number of aryl methyl sites for hydroxylation is 3. The molecule has 0 aliphatic heterocycles. The summed E-state index contributed by atoms with van der Waals surface area (Å²) in [7, 11) is -0.831. The molecule has 12 nitrogen and oxygen atoms in total. The number of carbonyl (C=O) groups excluding carboxylic acids is 2. The molecule has 0 spiro atoms. The third kappa shape index (κ3) is 11.6. The normalized spacial score (nSPS) is 13.0. The predicted octanol–water partition coefficient (Wildman–Crippen LogP) is 8.43. The summed E-state index contributed by atoms with van der Waals surface area (Å²) in [6, 6.07) is 22.5. The van der Waals surface area contributed by atoms with Crippen LogP contribution >= 0.6 is 23.2 Å². The van der Waals surface area contributed by atoms with Crippen LogP contribution in [0.5, 0.6) is 0 Å². The fraction of sp³-hybridized carbons (Fsp3) is 0.395. The predicted molar refractivity (Wildman–Crippen MR) is 228 cm³/mol. The lowest BCUT2D eigenvalue weighted by atomic mass is 9.87. The molecule has 2 heterocycles. The molecule has 5 aromatic rings. The molecule has 0 bridgehead atoms. The Labute approximate surface area is 352 Å². The topological polar surface area (TPSA) is 157 Å². The third-order valence-electron chi connectivity index (χ3n) is 9.37. The summed E-state index contributed by atoms with van der Waals surface area (Å²) in [6.45, 7) is 18.6. The summed E-state index contributed by atoms with van der Waals surface area (Å²) >= 11 is 12.6. The van der Waals surface area contributed by atoms with E-state index in [1.54, 1.807) is 33.2 Å². The highest BCUT2D eigenvalue weighted by molar-refractivity contribution is 7.86. The summed E-state index contributed by atoms with van der Waals surface area (Å²) in [5.41, 5.74) is 6.33. The number of halogens is 2. The molecule has 0 aliphatic carbocycles. The van der Waals surface area contributed by atoms with Crippen molar-refractivity contribution in [2.75, 3.05) is 0 Å². The van der Waals surface area contributed by atoms with Gasteiger partial charge in [0.25, 0.3) is 21.9 Å². The highest BCUT2D eigenvalue weighted by atomic mass is 35.5. The van der Waals surface area contributed by atoms with Gasteiger partial charge in [-0.3, -0.25) is 23.1 Å². The average molecular weight is 854 g/mol. The van der Waals surface area contributed by atoms with Crippen LogP contribution in [0.15, 0.2) is 77.7 Å². The molecular weight excluding hydrogens is 799 g/mol. The number of nitrogens with one attached hydrogen (secondary N) is 2. The number of aliphatic hydroxyl groups is 1. The average Bonchev–Trinajstić information content (AvgIpc) is 3.62. The van der Waals surface area contributed by atoms with Crippen molar-refractivity contribution in [1.29, 1.82) is 0 Å². The Morgan fingerprint density at radius 3 is 1.45 bits per heavy atom. The van der Waals surface area contributed by atoms with Crippen LogP contribution in [0.4, 0.5) is 0 Å². The molecule has 0 saturated heterocycles. The number of hydrogen-bond donors (Lipinski definition) is 3. The number of aliphatic hydroxyl groups excluding tert-OH is 1. The van der Waals surface area contributed by atoms with E-state index >= 15 is 0 Å². The van der Waals surface area contributed by atoms with E-state index in [-0.39, 0.29) is 48.8 Å². The quantitative estimate of drug-likeness (QED) is 0.112. The zero-order chi connectivity index (χ0) is 43.3. The van der Waals surface area contributed by atoms with E-state index < -0.39 is 28.2 Å². The number of benzene rings is 3. The van der Waals surface area contributed by atoms with Crippen molar-refractivity contribution in [3.05, 3.63) is 133 Å². The first-order chi connectivity index (χ1) is 26.9. The molecule has 0 saturated carbocycles. The van der Waals surface area contributed by atoms with Gasteiger partial charge in [0.1, 0.15) is 28.9 Å². The number of nitrogens with zero attached hydrogens (tertiary/aromatic N) is 4. The molecule has 2 aromatic heterocycles. The van der Waals surface area contributed by atoms with Crippen LogP contribution in [0.25, 0.3) is 0 Å². The number of amides is 2. The Morgan fingerprint density at radius 1 is 0.707 bits per heavy atom. The summed E-state index contributed by atoms with van der Waals surface area (Å²) in [6.07, 6.45) is -1.81. The van der Waals surface area contributed by atoms with Gasteiger partial charge in [-0.25, -0.2) is 0 Å². The highest BCUT2D eigenvalue weighted by Gasteiger charge is 2.29. The van der Waals surface area contributed by atoms with Crippen molar-refractivity contribution in [1.82, 2.24) is 30.2 Å². The van der Waals surface area contributed by atoms with Crippen LogP contribution in [-0.4, -0.2) is 44.9 Å². The standard InChI is InChI=1S/C25H30ClN3O4S.C18H24ClN3O2/c1-16-7-13-20(14-8-16)34(31,32)33-17(2)22-21(26)23(29(6)28-22)24(30)27-15-18-9-11-19(12-10-18)25(3,4)5;1-11(23)15-14(19)16(22(5)21-15)17(24)20-10-12-6-8-13(9-7-12)18(2,3)4/h7-14,17H,15H2,1-6H3,(H,27,30);6-9,11,23H,10H2,1-5H3,(H,20,24). The Kier molecular flexibility index (Phi) is 14.8. The molecule has 0 fully saturated rings. The van der Waals surface area contributed by atoms with E-state index in [1.807, 2.05) is 43.3 Å². The lowest BCUT2D eigenvalue weighted by Gasteiger charge is -2.19. The van der Waals surface area contributed by atoms with Gasteiger partial charge >= 0.3 is 0 Å². The Hall–Kier alpha value is -4.53. The van der Waals surface area contributed by atoms with Crippen molar-refractivity contribution < 1.29 is 27.3 Å². The molecular formula is C43H54Cl2N6O6S. The number of hydrogen-bond acceptors (Lipinski definition) is 8. The smallest absolute Gasteiger partial charge is 0.297 e. The summed E-state index contributed by atoms with van der Waals surface area (Å²) in [5, 5.41) is 23.9. The molecule has 5 rings (SSSR count). The Balaban J connectivity index is 0.000000273. The van der Waals surface area contributed by atoms with Crippen LogP contribution < -0.4 is 10.6 Å². The molecule has 3 N–H and O–H groups in total.